The summed E-state index contributed by atoms with van der Waals surface area (Å²) in [6.45, 7) is 2.40. The standard InChI is InChI=1S/C27H30NP/c1-23(28-19-16-26-14-8-9-15-27(26)28)22-29(20-17-24-10-4-2-5-11-24)21-18-25-12-6-3-7-13-25/h2-16,19,23H,17-18,20-22H2,1H3. The maximum atomic E-state index is 2.48. The Labute approximate surface area is 176 Å². The maximum absolute atomic E-state index is 2.48. The molecular weight excluding hydrogens is 369 g/mol. The minimum atomic E-state index is -0.0284. The van der Waals surface area contributed by atoms with Crippen molar-refractivity contribution in [2.75, 3.05) is 18.5 Å². The third-order valence-electron chi connectivity index (χ3n) is 5.75. The van der Waals surface area contributed by atoms with Gasteiger partial charge in [-0.1, -0.05) is 78.9 Å². The fourth-order valence-corrected chi connectivity index (χ4v) is 6.77. The molecule has 0 N–H and O–H groups in total. The van der Waals surface area contributed by atoms with Crippen molar-refractivity contribution in [3.05, 3.63) is 108 Å². The number of rotatable bonds is 9. The van der Waals surface area contributed by atoms with E-state index in [0.29, 0.717) is 6.04 Å². The van der Waals surface area contributed by atoms with Gasteiger partial charge in [0, 0.05) is 17.8 Å². The topological polar surface area (TPSA) is 4.93 Å². The van der Waals surface area contributed by atoms with Gasteiger partial charge in [0.1, 0.15) is 0 Å². The van der Waals surface area contributed by atoms with Crippen molar-refractivity contribution in [1.82, 2.24) is 4.57 Å². The highest BCUT2D eigenvalue weighted by Crippen LogP contribution is 2.41. The van der Waals surface area contributed by atoms with Crippen LogP contribution in [-0.2, 0) is 12.8 Å². The van der Waals surface area contributed by atoms with Gasteiger partial charge < -0.3 is 4.57 Å². The van der Waals surface area contributed by atoms with Gasteiger partial charge in [0.05, 0.1) is 0 Å². The summed E-state index contributed by atoms with van der Waals surface area (Å²) in [6, 6.07) is 33.5. The third-order valence-corrected chi connectivity index (χ3v) is 8.50. The summed E-state index contributed by atoms with van der Waals surface area (Å²) < 4.78 is 2.48. The molecule has 2 heteroatoms. The summed E-state index contributed by atoms with van der Waals surface area (Å²) >= 11 is 0. The normalized spacial score (nSPS) is 12.5. The van der Waals surface area contributed by atoms with Gasteiger partial charge in [0.15, 0.2) is 0 Å². The number of hydrogen-bond acceptors (Lipinski definition) is 0. The zero-order chi connectivity index (χ0) is 19.9. The maximum Gasteiger partial charge on any atom is 0.0482 e. The van der Waals surface area contributed by atoms with Crippen molar-refractivity contribution in [3.8, 4) is 0 Å². The predicted octanol–water partition coefficient (Wildman–Crippen LogP) is 7.17. The molecule has 29 heavy (non-hydrogen) atoms. The van der Waals surface area contributed by atoms with Crippen LogP contribution >= 0.6 is 7.92 Å². The second kappa shape index (κ2) is 9.90. The highest BCUT2D eigenvalue weighted by atomic mass is 31.1. The molecule has 0 amide bonds. The average Bonchev–Trinajstić information content (AvgIpc) is 3.21. The zero-order valence-corrected chi connectivity index (χ0v) is 18.1. The first-order valence-corrected chi connectivity index (χ1v) is 12.5. The fourth-order valence-electron chi connectivity index (χ4n) is 4.11. The Bertz CT molecular complexity index is 963. The van der Waals surface area contributed by atoms with Crippen LogP contribution in [0.25, 0.3) is 10.9 Å². The smallest absolute Gasteiger partial charge is 0.0482 e. The molecule has 148 valence electrons. The number of benzene rings is 3. The predicted molar refractivity (Wildman–Crippen MR) is 128 cm³/mol. The van der Waals surface area contributed by atoms with E-state index < -0.39 is 0 Å². The van der Waals surface area contributed by atoms with Gasteiger partial charge in [-0.3, -0.25) is 0 Å². The van der Waals surface area contributed by atoms with E-state index in [9.17, 15) is 0 Å². The molecule has 0 radical (unpaired) electrons. The highest BCUT2D eigenvalue weighted by Gasteiger charge is 2.16. The fraction of sp³-hybridized carbons (Fsp3) is 0.259. The molecule has 0 saturated heterocycles. The molecule has 0 spiro atoms. The van der Waals surface area contributed by atoms with Crippen molar-refractivity contribution >= 4 is 18.8 Å². The molecule has 0 aliphatic carbocycles. The van der Waals surface area contributed by atoms with Crippen molar-refractivity contribution in [2.24, 2.45) is 0 Å². The van der Waals surface area contributed by atoms with Crippen LogP contribution in [0.15, 0.2) is 97.2 Å². The Morgan fingerprint density at radius 3 is 1.86 bits per heavy atom. The Kier molecular flexibility index (Phi) is 6.80. The molecule has 0 saturated carbocycles. The van der Waals surface area contributed by atoms with Crippen LogP contribution in [0.3, 0.4) is 0 Å². The van der Waals surface area contributed by atoms with Gasteiger partial charge in [-0.05, 0) is 66.9 Å². The molecule has 0 aliphatic rings. The number of aromatic nitrogens is 1. The summed E-state index contributed by atoms with van der Waals surface area (Å²) in [5, 5.41) is 1.34. The molecule has 0 bridgehead atoms. The van der Waals surface area contributed by atoms with Gasteiger partial charge in [-0.15, -0.1) is 7.92 Å². The van der Waals surface area contributed by atoms with Crippen LogP contribution < -0.4 is 0 Å². The Morgan fingerprint density at radius 2 is 1.24 bits per heavy atom. The Hall–Kier alpha value is -2.37. The second-order valence-corrected chi connectivity index (χ2v) is 10.5. The molecule has 1 nitrogen and oxygen atoms in total. The van der Waals surface area contributed by atoms with E-state index in [1.54, 1.807) is 0 Å². The molecule has 4 rings (SSSR count). The van der Waals surface area contributed by atoms with E-state index in [2.05, 4.69) is 109 Å². The van der Waals surface area contributed by atoms with Crippen molar-refractivity contribution in [2.45, 2.75) is 25.8 Å². The summed E-state index contributed by atoms with van der Waals surface area (Å²) in [6.07, 6.45) is 8.58. The van der Waals surface area contributed by atoms with Gasteiger partial charge >= 0.3 is 0 Å². The van der Waals surface area contributed by atoms with E-state index in [-0.39, 0.29) is 7.92 Å². The first kappa shape index (κ1) is 19.9. The van der Waals surface area contributed by atoms with Crippen LogP contribution in [-0.4, -0.2) is 23.1 Å². The lowest BCUT2D eigenvalue weighted by Gasteiger charge is -2.24. The minimum absolute atomic E-state index is 0.0284. The van der Waals surface area contributed by atoms with E-state index >= 15 is 0 Å². The van der Waals surface area contributed by atoms with E-state index in [1.807, 2.05) is 0 Å². The third kappa shape index (κ3) is 5.37. The average molecular weight is 400 g/mol. The quantitative estimate of drug-likeness (QED) is 0.263. The second-order valence-electron chi connectivity index (χ2n) is 7.90. The highest BCUT2D eigenvalue weighted by molar-refractivity contribution is 7.57. The number of hydrogen-bond donors (Lipinski definition) is 0. The van der Waals surface area contributed by atoms with Gasteiger partial charge in [0.2, 0.25) is 0 Å². The summed E-state index contributed by atoms with van der Waals surface area (Å²) in [4.78, 5) is 0. The van der Waals surface area contributed by atoms with Gasteiger partial charge in [-0.2, -0.15) is 0 Å². The largest absolute Gasteiger partial charge is 0.344 e. The first-order chi connectivity index (χ1) is 14.3. The Balaban J connectivity index is 1.45. The summed E-state index contributed by atoms with van der Waals surface area (Å²) in [5.74, 6) is 0. The van der Waals surface area contributed by atoms with Crippen molar-refractivity contribution in [3.63, 3.8) is 0 Å². The number of nitrogens with zero attached hydrogens (tertiary/aromatic N) is 1. The van der Waals surface area contributed by atoms with Crippen LogP contribution in [0, 0.1) is 0 Å². The summed E-state index contributed by atoms with van der Waals surface area (Å²) in [7, 11) is -0.0284. The lowest BCUT2D eigenvalue weighted by Crippen LogP contribution is -2.11. The molecule has 1 heterocycles. The zero-order valence-electron chi connectivity index (χ0n) is 17.2. The molecule has 1 aromatic heterocycles. The minimum Gasteiger partial charge on any atom is -0.344 e. The lowest BCUT2D eigenvalue weighted by atomic mass is 10.2. The number of aryl methyl sites for hydroxylation is 2. The molecule has 3 aromatic carbocycles. The molecule has 0 aliphatic heterocycles. The van der Waals surface area contributed by atoms with Crippen LogP contribution in [0.1, 0.15) is 24.1 Å². The van der Waals surface area contributed by atoms with Gasteiger partial charge in [0.25, 0.3) is 0 Å². The Morgan fingerprint density at radius 1 is 0.690 bits per heavy atom. The van der Waals surface area contributed by atoms with E-state index in [4.69, 9.17) is 0 Å². The molecule has 0 fully saturated rings. The molecular formula is C27H30NP. The van der Waals surface area contributed by atoms with E-state index in [0.717, 1.165) is 0 Å². The SMILES string of the molecule is CC(CP(CCc1ccccc1)CCc1ccccc1)n1ccc2ccccc21. The monoisotopic (exact) mass is 399 g/mol. The molecule has 1 atom stereocenters. The molecule has 1 unspecified atom stereocenters. The van der Waals surface area contributed by atoms with Crippen molar-refractivity contribution in [1.29, 1.82) is 0 Å². The van der Waals surface area contributed by atoms with Crippen molar-refractivity contribution < 1.29 is 0 Å². The van der Waals surface area contributed by atoms with E-state index in [1.165, 1.54) is 53.4 Å². The number of para-hydroxylation sites is 1. The van der Waals surface area contributed by atoms with Crippen LogP contribution in [0.4, 0.5) is 0 Å². The molecule has 4 aromatic rings. The summed E-state index contributed by atoms with van der Waals surface area (Å²) in [5.41, 5.74) is 4.30. The van der Waals surface area contributed by atoms with Crippen LogP contribution in [0.2, 0.25) is 0 Å². The number of fused-ring (bicyclic) bond motifs is 1. The first-order valence-electron chi connectivity index (χ1n) is 10.7. The lowest BCUT2D eigenvalue weighted by molar-refractivity contribution is 0.628. The van der Waals surface area contributed by atoms with Gasteiger partial charge in [-0.25, -0.2) is 0 Å². The van der Waals surface area contributed by atoms with Crippen LogP contribution in [0.5, 0.6) is 0 Å².